The number of benzene rings is 1. The van der Waals surface area contributed by atoms with Gasteiger partial charge in [-0.25, -0.2) is 0 Å². The van der Waals surface area contributed by atoms with E-state index >= 15 is 0 Å². The minimum absolute atomic E-state index is 0.876. The number of rotatable bonds is 2. The van der Waals surface area contributed by atoms with Crippen LogP contribution in [0.25, 0.3) is 0 Å². The normalized spacial score (nSPS) is 21.4. The summed E-state index contributed by atoms with van der Waals surface area (Å²) in [5.41, 5.74) is 2.67. The van der Waals surface area contributed by atoms with Gasteiger partial charge in [0.15, 0.2) is 0 Å². The maximum atomic E-state index is 3.70. The largest absolute Gasteiger partial charge is 0.371 e. The van der Waals surface area contributed by atoms with Crippen LogP contribution in [0.1, 0.15) is 31.7 Å². The quantitative estimate of drug-likeness (QED) is 0.673. The van der Waals surface area contributed by atoms with E-state index in [1.165, 1.54) is 48.1 Å². The van der Waals surface area contributed by atoms with Crippen molar-refractivity contribution in [3.8, 4) is 0 Å². The Bertz CT molecular complexity index is 378. The van der Waals surface area contributed by atoms with Gasteiger partial charge in [0.05, 0.1) is 5.69 Å². The fourth-order valence-corrected chi connectivity index (χ4v) is 3.42. The van der Waals surface area contributed by atoms with Gasteiger partial charge < -0.3 is 4.90 Å². The van der Waals surface area contributed by atoms with Crippen molar-refractivity contribution in [3.63, 3.8) is 0 Å². The molecule has 0 N–H and O–H groups in total. The zero-order valence-electron chi connectivity index (χ0n) is 10.3. The van der Waals surface area contributed by atoms with Crippen molar-refractivity contribution < 1.29 is 0 Å². The second-order valence-electron chi connectivity index (χ2n) is 4.94. The molecule has 0 spiro atoms. The number of halogens is 2. The zero-order valence-corrected chi connectivity index (χ0v) is 13.4. The van der Waals surface area contributed by atoms with E-state index in [-0.39, 0.29) is 0 Å². The van der Waals surface area contributed by atoms with Gasteiger partial charge in [0.25, 0.3) is 0 Å². The summed E-state index contributed by atoms with van der Waals surface area (Å²) in [7, 11) is 0. The molecule has 3 heteroatoms. The minimum Gasteiger partial charge on any atom is -0.371 e. The van der Waals surface area contributed by atoms with Crippen LogP contribution in [-0.4, -0.2) is 13.1 Å². The second kappa shape index (κ2) is 6.24. The van der Waals surface area contributed by atoms with E-state index in [1.807, 2.05) is 0 Å². The third kappa shape index (κ3) is 3.47. The van der Waals surface area contributed by atoms with E-state index in [2.05, 4.69) is 61.9 Å². The number of alkyl halides is 1. The lowest BCUT2D eigenvalue weighted by molar-refractivity contribution is 0.521. The van der Waals surface area contributed by atoms with E-state index in [4.69, 9.17) is 0 Å². The molecule has 0 saturated carbocycles. The highest BCUT2D eigenvalue weighted by Crippen LogP contribution is 2.30. The zero-order chi connectivity index (χ0) is 12.3. The summed E-state index contributed by atoms with van der Waals surface area (Å²) >= 11 is 7.20. The van der Waals surface area contributed by atoms with Crippen molar-refractivity contribution in [2.24, 2.45) is 5.92 Å². The smallest absolute Gasteiger partial charge is 0.0510 e. The first kappa shape index (κ1) is 13.4. The van der Waals surface area contributed by atoms with Crippen LogP contribution in [0, 0.1) is 5.92 Å². The summed E-state index contributed by atoms with van der Waals surface area (Å²) in [6.07, 6.45) is 3.99. The molecular formula is C14H19Br2N. The average Bonchev–Trinajstić information content (AvgIpc) is 2.54. The summed E-state index contributed by atoms with van der Waals surface area (Å²) in [6, 6.07) is 6.68. The van der Waals surface area contributed by atoms with Crippen molar-refractivity contribution in [1.82, 2.24) is 0 Å². The summed E-state index contributed by atoms with van der Waals surface area (Å²) in [6.45, 7) is 4.75. The Morgan fingerprint density at radius 2 is 2.12 bits per heavy atom. The Morgan fingerprint density at radius 3 is 2.82 bits per heavy atom. The molecular weight excluding hydrogens is 342 g/mol. The first-order valence-corrected chi connectivity index (χ1v) is 8.21. The lowest BCUT2D eigenvalue weighted by Crippen LogP contribution is -2.24. The predicted molar refractivity (Wildman–Crippen MR) is 82.0 cm³/mol. The van der Waals surface area contributed by atoms with Crippen molar-refractivity contribution in [2.45, 2.75) is 31.5 Å². The standard InChI is InChI=1S/C14H19Br2N/c1-11-3-2-7-17(8-6-11)14-5-4-12(10-15)9-13(14)16/h4-5,9,11H,2-3,6-8,10H2,1H3. The van der Waals surface area contributed by atoms with Crippen LogP contribution in [-0.2, 0) is 5.33 Å². The van der Waals surface area contributed by atoms with E-state index in [9.17, 15) is 0 Å². The van der Waals surface area contributed by atoms with Gasteiger partial charge in [-0.3, -0.25) is 0 Å². The molecule has 1 fully saturated rings. The van der Waals surface area contributed by atoms with Gasteiger partial charge in [-0.2, -0.15) is 0 Å². The Hall–Kier alpha value is -0.0200. The first-order chi connectivity index (χ1) is 8.20. The third-order valence-corrected chi connectivity index (χ3v) is 4.81. The highest BCUT2D eigenvalue weighted by molar-refractivity contribution is 9.10. The molecule has 0 aliphatic carbocycles. The van der Waals surface area contributed by atoms with Gasteiger partial charge >= 0.3 is 0 Å². The fraction of sp³-hybridized carbons (Fsp3) is 0.571. The third-order valence-electron chi connectivity index (χ3n) is 3.52. The topological polar surface area (TPSA) is 3.24 Å². The first-order valence-electron chi connectivity index (χ1n) is 6.30. The molecule has 0 amide bonds. The average molecular weight is 361 g/mol. The van der Waals surface area contributed by atoms with Crippen LogP contribution in [0.3, 0.4) is 0 Å². The Balaban J connectivity index is 2.15. The van der Waals surface area contributed by atoms with Crippen LogP contribution >= 0.6 is 31.9 Å². The van der Waals surface area contributed by atoms with Gasteiger partial charge in [-0.15, -0.1) is 0 Å². The monoisotopic (exact) mass is 359 g/mol. The van der Waals surface area contributed by atoms with E-state index in [1.54, 1.807) is 0 Å². The molecule has 1 aliphatic rings. The van der Waals surface area contributed by atoms with E-state index < -0.39 is 0 Å². The number of nitrogens with zero attached hydrogens (tertiary/aromatic N) is 1. The summed E-state index contributed by atoms with van der Waals surface area (Å²) < 4.78 is 1.23. The molecule has 1 saturated heterocycles. The molecule has 1 atom stereocenters. The van der Waals surface area contributed by atoms with E-state index in [0.29, 0.717) is 0 Å². The Kier molecular flexibility index (Phi) is 4.92. The highest BCUT2D eigenvalue weighted by Gasteiger charge is 2.15. The molecule has 1 heterocycles. The van der Waals surface area contributed by atoms with Crippen LogP contribution in [0.2, 0.25) is 0 Å². The predicted octanol–water partition coefficient (Wildman–Crippen LogP) is 4.97. The minimum atomic E-state index is 0.876. The number of anilines is 1. The number of hydrogen-bond donors (Lipinski definition) is 0. The van der Waals surface area contributed by atoms with Crippen molar-refractivity contribution in [3.05, 3.63) is 28.2 Å². The van der Waals surface area contributed by atoms with Crippen LogP contribution in [0.5, 0.6) is 0 Å². The Morgan fingerprint density at radius 1 is 1.29 bits per heavy atom. The van der Waals surface area contributed by atoms with Gasteiger partial charge in [0.2, 0.25) is 0 Å². The SMILES string of the molecule is CC1CCCN(c2ccc(CBr)cc2Br)CC1. The molecule has 1 unspecified atom stereocenters. The summed E-state index contributed by atoms with van der Waals surface area (Å²) in [5.74, 6) is 0.876. The maximum absolute atomic E-state index is 3.70. The van der Waals surface area contributed by atoms with Crippen molar-refractivity contribution >= 4 is 37.5 Å². The molecule has 1 aromatic carbocycles. The van der Waals surface area contributed by atoms with E-state index in [0.717, 1.165) is 11.2 Å². The highest BCUT2D eigenvalue weighted by atomic mass is 79.9. The number of hydrogen-bond acceptors (Lipinski definition) is 1. The lowest BCUT2D eigenvalue weighted by atomic mass is 10.0. The molecule has 94 valence electrons. The maximum Gasteiger partial charge on any atom is 0.0510 e. The van der Waals surface area contributed by atoms with Gasteiger partial charge in [-0.05, 0) is 58.8 Å². The molecule has 0 bridgehead atoms. The molecule has 1 nitrogen and oxygen atoms in total. The molecule has 0 aromatic heterocycles. The van der Waals surface area contributed by atoms with Crippen LogP contribution < -0.4 is 4.90 Å². The van der Waals surface area contributed by atoms with Gasteiger partial charge in [0.1, 0.15) is 0 Å². The molecule has 2 rings (SSSR count). The van der Waals surface area contributed by atoms with Crippen molar-refractivity contribution in [2.75, 3.05) is 18.0 Å². The Labute approximate surface area is 121 Å². The van der Waals surface area contributed by atoms with Gasteiger partial charge in [-0.1, -0.05) is 28.9 Å². The van der Waals surface area contributed by atoms with Crippen LogP contribution in [0.4, 0.5) is 5.69 Å². The fourth-order valence-electron chi connectivity index (χ4n) is 2.39. The molecule has 1 aromatic rings. The molecule has 17 heavy (non-hydrogen) atoms. The molecule has 0 radical (unpaired) electrons. The summed E-state index contributed by atoms with van der Waals surface area (Å²) in [4.78, 5) is 2.52. The molecule has 1 aliphatic heterocycles. The van der Waals surface area contributed by atoms with Crippen molar-refractivity contribution in [1.29, 1.82) is 0 Å². The summed E-state index contributed by atoms with van der Waals surface area (Å²) in [5, 5.41) is 0.920. The van der Waals surface area contributed by atoms with Gasteiger partial charge in [0, 0.05) is 22.9 Å². The lowest BCUT2D eigenvalue weighted by Gasteiger charge is -2.24. The van der Waals surface area contributed by atoms with Crippen LogP contribution in [0.15, 0.2) is 22.7 Å². The second-order valence-corrected chi connectivity index (χ2v) is 6.36.